The Labute approximate surface area is 108 Å². The highest BCUT2D eigenvalue weighted by Gasteiger charge is 2.42. The molecular weight excluding hydrogens is 263 g/mol. The van der Waals surface area contributed by atoms with Gasteiger partial charge in [-0.25, -0.2) is 4.39 Å². The topological polar surface area (TPSA) is 37.3 Å². The van der Waals surface area contributed by atoms with Crippen molar-refractivity contribution in [3.63, 3.8) is 0 Å². The number of carbonyl (C=O) groups is 1. The van der Waals surface area contributed by atoms with Gasteiger partial charge in [-0.15, -0.1) is 11.8 Å². The lowest BCUT2D eigenvalue weighted by Crippen LogP contribution is -2.35. The summed E-state index contributed by atoms with van der Waals surface area (Å²) < 4.78 is 12.8. The van der Waals surface area contributed by atoms with Crippen LogP contribution in [-0.2, 0) is 11.2 Å². The molecule has 0 bridgehead atoms. The number of benzene rings is 1. The molecule has 0 amide bonds. The summed E-state index contributed by atoms with van der Waals surface area (Å²) in [5.41, 5.74) is 0.422. The van der Waals surface area contributed by atoms with E-state index in [4.69, 9.17) is 11.6 Å². The first-order valence-electron chi connectivity index (χ1n) is 5.35. The summed E-state index contributed by atoms with van der Waals surface area (Å²) >= 11 is 7.08. The number of halogens is 2. The predicted octanol–water partition coefficient (Wildman–Crippen LogP) is 3.37. The van der Waals surface area contributed by atoms with Gasteiger partial charge >= 0.3 is 5.97 Å². The van der Waals surface area contributed by atoms with Crippen LogP contribution < -0.4 is 0 Å². The molecule has 2 rings (SSSR count). The van der Waals surface area contributed by atoms with Crippen LogP contribution in [0.2, 0.25) is 5.02 Å². The van der Waals surface area contributed by atoms with E-state index in [2.05, 4.69) is 0 Å². The van der Waals surface area contributed by atoms with Crippen molar-refractivity contribution in [3.05, 3.63) is 34.6 Å². The van der Waals surface area contributed by atoms with Crippen molar-refractivity contribution in [3.8, 4) is 0 Å². The average Bonchev–Trinajstić information content (AvgIpc) is 2.72. The third-order valence-corrected chi connectivity index (χ3v) is 4.79. The Morgan fingerprint density at radius 3 is 2.88 bits per heavy atom. The summed E-state index contributed by atoms with van der Waals surface area (Å²) in [6, 6.07) is 4.39. The van der Waals surface area contributed by atoms with Crippen molar-refractivity contribution >= 4 is 29.3 Å². The van der Waals surface area contributed by atoms with Crippen molar-refractivity contribution in [2.45, 2.75) is 24.0 Å². The molecule has 0 aliphatic carbocycles. The summed E-state index contributed by atoms with van der Waals surface area (Å²) in [4.78, 5) is 11.3. The van der Waals surface area contributed by atoms with Gasteiger partial charge in [-0.05, 0) is 36.3 Å². The lowest BCUT2D eigenvalue weighted by Gasteiger charge is -2.23. The Hall–Kier alpha value is -0.740. The van der Waals surface area contributed by atoms with E-state index in [1.165, 1.54) is 17.8 Å². The van der Waals surface area contributed by atoms with Crippen molar-refractivity contribution in [2.24, 2.45) is 0 Å². The summed E-state index contributed by atoms with van der Waals surface area (Å²) in [5.74, 6) is -0.457. The zero-order chi connectivity index (χ0) is 12.5. The van der Waals surface area contributed by atoms with Gasteiger partial charge in [-0.2, -0.15) is 0 Å². The van der Waals surface area contributed by atoms with Crippen LogP contribution in [0.5, 0.6) is 0 Å². The van der Waals surface area contributed by atoms with Crippen LogP contribution in [0.4, 0.5) is 4.39 Å². The number of hydrogen-bond donors (Lipinski definition) is 1. The maximum Gasteiger partial charge on any atom is 0.320 e. The first-order valence-corrected chi connectivity index (χ1v) is 6.71. The molecule has 2 nitrogen and oxygen atoms in total. The van der Waals surface area contributed by atoms with Crippen molar-refractivity contribution in [1.82, 2.24) is 0 Å². The van der Waals surface area contributed by atoms with E-state index in [9.17, 15) is 14.3 Å². The largest absolute Gasteiger partial charge is 0.480 e. The molecule has 1 aliphatic rings. The van der Waals surface area contributed by atoms with E-state index in [-0.39, 0.29) is 6.42 Å². The molecule has 1 unspecified atom stereocenters. The fraction of sp³-hybridized carbons (Fsp3) is 0.417. The molecule has 5 heteroatoms. The van der Waals surface area contributed by atoms with Crippen molar-refractivity contribution in [2.75, 3.05) is 5.75 Å². The van der Waals surface area contributed by atoms with Crippen LogP contribution in [0.15, 0.2) is 18.2 Å². The highest BCUT2D eigenvalue weighted by Crippen LogP contribution is 2.41. The fourth-order valence-corrected chi connectivity index (χ4v) is 3.56. The first kappa shape index (κ1) is 12.7. The number of carboxylic acids is 1. The molecule has 0 spiro atoms. The smallest absolute Gasteiger partial charge is 0.320 e. The second-order valence-electron chi connectivity index (χ2n) is 4.16. The summed E-state index contributed by atoms with van der Waals surface area (Å²) in [7, 11) is 0. The van der Waals surface area contributed by atoms with Gasteiger partial charge in [0, 0.05) is 11.4 Å². The fourth-order valence-electron chi connectivity index (χ4n) is 2.05. The van der Waals surface area contributed by atoms with Crippen molar-refractivity contribution in [1.29, 1.82) is 0 Å². The van der Waals surface area contributed by atoms with E-state index in [1.807, 2.05) is 0 Å². The maximum absolute atomic E-state index is 13.7. The minimum Gasteiger partial charge on any atom is -0.480 e. The molecule has 1 N–H and O–H groups in total. The van der Waals surface area contributed by atoms with Crippen LogP contribution >= 0.6 is 23.4 Å². The molecule has 0 aromatic heterocycles. The normalized spacial score (nSPS) is 23.9. The molecule has 0 saturated carbocycles. The number of thioether (sulfide) groups is 1. The zero-order valence-electron chi connectivity index (χ0n) is 9.08. The van der Waals surface area contributed by atoms with E-state index in [0.717, 1.165) is 12.2 Å². The SMILES string of the molecule is O=C(O)C1(Cc2ccc(Cl)cc2F)CCCS1. The van der Waals surface area contributed by atoms with Gasteiger partial charge in [0.15, 0.2) is 0 Å². The summed E-state index contributed by atoms with van der Waals surface area (Å²) in [6.07, 6.45) is 1.68. The minimum atomic E-state index is -0.866. The van der Waals surface area contributed by atoms with Gasteiger partial charge in [0.1, 0.15) is 10.6 Å². The standard InChI is InChI=1S/C12H12ClFO2S/c13-9-3-2-8(10(14)6-9)7-12(11(15)16)4-1-5-17-12/h2-3,6H,1,4-5,7H2,(H,15,16). The molecule has 1 aromatic rings. The minimum absolute atomic E-state index is 0.218. The Bertz CT molecular complexity index is 444. The Morgan fingerprint density at radius 1 is 1.59 bits per heavy atom. The van der Waals surface area contributed by atoms with Crippen molar-refractivity contribution < 1.29 is 14.3 Å². The van der Waals surface area contributed by atoms with Crippen LogP contribution in [0.3, 0.4) is 0 Å². The predicted molar refractivity (Wildman–Crippen MR) is 67.2 cm³/mol. The van der Waals surface area contributed by atoms with Gasteiger partial charge in [-0.1, -0.05) is 17.7 Å². The van der Waals surface area contributed by atoms with Gasteiger partial charge in [0.25, 0.3) is 0 Å². The average molecular weight is 275 g/mol. The summed E-state index contributed by atoms with van der Waals surface area (Å²) in [6.45, 7) is 0. The number of rotatable bonds is 3. The Balaban J connectivity index is 2.26. The van der Waals surface area contributed by atoms with Crippen LogP contribution in [-0.4, -0.2) is 21.6 Å². The van der Waals surface area contributed by atoms with Gasteiger partial charge < -0.3 is 5.11 Å². The highest BCUT2D eigenvalue weighted by molar-refractivity contribution is 8.01. The molecule has 1 atom stereocenters. The molecule has 17 heavy (non-hydrogen) atoms. The molecule has 1 fully saturated rings. The molecular formula is C12H12ClFO2S. The van der Waals surface area contributed by atoms with E-state index < -0.39 is 16.5 Å². The van der Waals surface area contributed by atoms with Crippen LogP contribution in [0, 0.1) is 5.82 Å². The van der Waals surface area contributed by atoms with Crippen LogP contribution in [0.1, 0.15) is 18.4 Å². The third kappa shape index (κ3) is 2.58. The molecule has 1 aliphatic heterocycles. The second kappa shape index (κ2) is 4.86. The Morgan fingerprint density at radius 2 is 2.35 bits per heavy atom. The molecule has 1 saturated heterocycles. The van der Waals surface area contributed by atoms with Gasteiger partial charge in [0.2, 0.25) is 0 Å². The Kier molecular flexibility index (Phi) is 3.64. The summed E-state index contributed by atoms with van der Waals surface area (Å²) in [5, 5.41) is 9.63. The van der Waals surface area contributed by atoms with E-state index in [0.29, 0.717) is 17.0 Å². The number of aliphatic carboxylic acids is 1. The molecule has 92 valence electrons. The number of carboxylic acid groups (broad SMARTS) is 1. The van der Waals surface area contributed by atoms with Gasteiger partial charge in [-0.3, -0.25) is 4.79 Å². The molecule has 1 aromatic carbocycles. The van der Waals surface area contributed by atoms with E-state index >= 15 is 0 Å². The molecule has 0 radical (unpaired) electrons. The van der Waals surface area contributed by atoms with E-state index in [1.54, 1.807) is 12.1 Å². The van der Waals surface area contributed by atoms with Gasteiger partial charge in [0.05, 0.1) is 0 Å². The number of hydrogen-bond acceptors (Lipinski definition) is 2. The van der Waals surface area contributed by atoms with Crippen LogP contribution in [0.25, 0.3) is 0 Å². The quantitative estimate of drug-likeness (QED) is 0.918. The molecule has 1 heterocycles. The zero-order valence-corrected chi connectivity index (χ0v) is 10.7. The monoisotopic (exact) mass is 274 g/mol. The lowest BCUT2D eigenvalue weighted by atomic mass is 9.94. The maximum atomic E-state index is 13.7. The highest BCUT2D eigenvalue weighted by atomic mass is 35.5. The third-order valence-electron chi connectivity index (χ3n) is 2.98. The first-order chi connectivity index (χ1) is 8.03. The lowest BCUT2D eigenvalue weighted by molar-refractivity contribution is -0.139. The second-order valence-corrected chi connectivity index (χ2v) is 6.08.